The fourth-order valence-electron chi connectivity index (χ4n) is 4.10. The zero-order valence-corrected chi connectivity index (χ0v) is 20.0. The number of methoxy groups -OCH3 is 1. The molecule has 0 spiro atoms. The maximum atomic E-state index is 13.2. The quantitative estimate of drug-likeness (QED) is 0.424. The second-order valence-electron chi connectivity index (χ2n) is 8.43. The highest BCUT2D eigenvalue weighted by molar-refractivity contribution is 7.89. The Labute approximate surface area is 195 Å². The molecule has 33 heavy (non-hydrogen) atoms. The minimum Gasteiger partial charge on any atom is -0.497 e. The first-order valence-electron chi connectivity index (χ1n) is 11.1. The van der Waals surface area contributed by atoms with Crippen LogP contribution in [-0.4, -0.2) is 47.8 Å². The summed E-state index contributed by atoms with van der Waals surface area (Å²) in [6.45, 7) is 4.47. The Morgan fingerprint density at radius 2 is 1.91 bits per heavy atom. The number of carbonyl (C=O) groups is 1. The van der Waals surface area contributed by atoms with Gasteiger partial charge in [0.2, 0.25) is 10.0 Å². The molecular formula is C25H29N3O4S. The highest BCUT2D eigenvalue weighted by Gasteiger charge is 2.39. The van der Waals surface area contributed by atoms with Gasteiger partial charge in [-0.1, -0.05) is 12.1 Å². The van der Waals surface area contributed by atoms with E-state index in [1.807, 2.05) is 44.2 Å². The number of aryl methyl sites for hydroxylation is 2. The van der Waals surface area contributed by atoms with Crippen LogP contribution in [0.25, 0.3) is 0 Å². The number of benzene rings is 1. The summed E-state index contributed by atoms with van der Waals surface area (Å²) >= 11 is 0. The minimum absolute atomic E-state index is 0.120. The van der Waals surface area contributed by atoms with Gasteiger partial charge in [-0.25, -0.2) is 8.42 Å². The largest absolute Gasteiger partial charge is 0.497 e. The van der Waals surface area contributed by atoms with Gasteiger partial charge in [0, 0.05) is 41.9 Å². The molecule has 0 saturated heterocycles. The Kier molecular flexibility index (Phi) is 6.67. The van der Waals surface area contributed by atoms with E-state index in [1.165, 1.54) is 28.3 Å². The average Bonchev–Trinajstić information content (AvgIpc) is 3.62. The van der Waals surface area contributed by atoms with E-state index in [2.05, 4.69) is 9.55 Å². The topological polar surface area (TPSA) is 81.5 Å². The number of rotatable bonds is 10. The normalized spacial score (nSPS) is 13.9. The van der Waals surface area contributed by atoms with Gasteiger partial charge in [0.05, 0.1) is 13.7 Å². The molecule has 0 radical (unpaired) electrons. The number of ketones is 1. The van der Waals surface area contributed by atoms with Crippen molar-refractivity contribution in [2.24, 2.45) is 0 Å². The lowest BCUT2D eigenvalue weighted by Gasteiger charge is -2.21. The van der Waals surface area contributed by atoms with Crippen LogP contribution < -0.4 is 4.74 Å². The van der Waals surface area contributed by atoms with E-state index in [0.717, 1.165) is 42.9 Å². The molecule has 2 heterocycles. The molecular weight excluding hydrogens is 438 g/mol. The Bertz CT molecular complexity index is 1230. The Balaban J connectivity index is 1.51. The third kappa shape index (κ3) is 5.02. The van der Waals surface area contributed by atoms with E-state index in [9.17, 15) is 13.2 Å². The number of Topliss-reactive ketones (excluding diaryl/α,β-unsaturated/α-hetero) is 1. The summed E-state index contributed by atoms with van der Waals surface area (Å²) in [7, 11) is -2.13. The van der Waals surface area contributed by atoms with Crippen LogP contribution in [0.1, 0.15) is 40.2 Å². The zero-order chi connectivity index (χ0) is 23.6. The van der Waals surface area contributed by atoms with Crippen molar-refractivity contribution in [3.63, 3.8) is 0 Å². The molecule has 0 atom stereocenters. The maximum Gasteiger partial charge on any atom is 0.245 e. The number of carbonyl (C=O) groups excluding carboxylic acids is 1. The number of sulfonamides is 1. The van der Waals surface area contributed by atoms with Gasteiger partial charge in [-0.2, -0.15) is 4.31 Å². The van der Waals surface area contributed by atoms with Gasteiger partial charge in [-0.05, 0) is 69.0 Å². The predicted molar refractivity (Wildman–Crippen MR) is 126 cm³/mol. The second kappa shape index (κ2) is 9.49. The highest BCUT2D eigenvalue weighted by atomic mass is 32.2. The smallest absolute Gasteiger partial charge is 0.245 e. The van der Waals surface area contributed by atoms with Crippen LogP contribution in [0.2, 0.25) is 0 Å². The molecule has 4 rings (SSSR count). The molecule has 1 aliphatic rings. The van der Waals surface area contributed by atoms with Gasteiger partial charge in [0.25, 0.3) is 0 Å². The van der Waals surface area contributed by atoms with Crippen molar-refractivity contribution in [3.05, 3.63) is 77.4 Å². The summed E-state index contributed by atoms with van der Waals surface area (Å²) in [4.78, 5) is 17.3. The SMILES string of the molecule is COc1ccc(CCn2c(C)cc(C(=O)CN(C3CC3)S(=O)(=O)c3cccnc3)c2C)cc1. The van der Waals surface area contributed by atoms with E-state index in [-0.39, 0.29) is 23.3 Å². The third-order valence-corrected chi connectivity index (χ3v) is 8.03. The molecule has 1 fully saturated rings. The van der Waals surface area contributed by atoms with Gasteiger partial charge in [-0.15, -0.1) is 0 Å². The van der Waals surface area contributed by atoms with Crippen molar-refractivity contribution in [1.29, 1.82) is 0 Å². The van der Waals surface area contributed by atoms with Crippen LogP contribution in [0.5, 0.6) is 5.75 Å². The van der Waals surface area contributed by atoms with Crippen LogP contribution in [0.4, 0.5) is 0 Å². The van der Waals surface area contributed by atoms with Crippen LogP contribution >= 0.6 is 0 Å². The summed E-state index contributed by atoms with van der Waals surface area (Å²) in [5.41, 5.74) is 3.60. The first kappa shape index (κ1) is 23.2. The molecule has 2 aromatic heterocycles. The lowest BCUT2D eigenvalue weighted by molar-refractivity contribution is 0.0963. The lowest BCUT2D eigenvalue weighted by atomic mass is 10.1. The van der Waals surface area contributed by atoms with E-state index in [1.54, 1.807) is 13.2 Å². The molecule has 0 aliphatic heterocycles. The third-order valence-electron chi connectivity index (χ3n) is 6.15. The van der Waals surface area contributed by atoms with E-state index < -0.39 is 10.0 Å². The first-order chi connectivity index (χ1) is 15.8. The van der Waals surface area contributed by atoms with Crippen molar-refractivity contribution in [3.8, 4) is 5.75 Å². The number of aromatic nitrogens is 2. The van der Waals surface area contributed by atoms with Crippen LogP contribution in [0.15, 0.2) is 59.8 Å². The van der Waals surface area contributed by atoms with Crippen LogP contribution in [0, 0.1) is 13.8 Å². The first-order valence-corrected chi connectivity index (χ1v) is 12.5. The molecule has 0 unspecified atom stereocenters. The standard InChI is InChI=1S/C25H29N3O4S/c1-18-15-24(19(2)27(18)14-12-20-6-10-22(32-3)11-7-20)25(29)17-28(21-8-9-21)33(30,31)23-5-4-13-26-16-23/h4-7,10-11,13,15-16,21H,8-9,12,14,17H2,1-3H3. The Morgan fingerprint density at radius 1 is 1.18 bits per heavy atom. The van der Waals surface area contributed by atoms with Crippen LogP contribution in [0.3, 0.4) is 0 Å². The van der Waals surface area contributed by atoms with Crippen molar-refractivity contribution in [2.75, 3.05) is 13.7 Å². The number of hydrogen-bond donors (Lipinski definition) is 0. The summed E-state index contributed by atoms with van der Waals surface area (Å²) in [5.74, 6) is 0.638. The second-order valence-corrected chi connectivity index (χ2v) is 10.3. The van der Waals surface area contributed by atoms with Crippen molar-refractivity contribution in [1.82, 2.24) is 13.9 Å². The van der Waals surface area contributed by atoms with E-state index in [0.29, 0.717) is 5.56 Å². The Hall–Kier alpha value is -2.97. The summed E-state index contributed by atoms with van der Waals surface area (Å²) in [6.07, 6.45) is 5.23. The fraction of sp³-hybridized carbons (Fsp3) is 0.360. The van der Waals surface area contributed by atoms with Gasteiger partial charge < -0.3 is 9.30 Å². The molecule has 1 aromatic carbocycles. The molecule has 1 saturated carbocycles. The lowest BCUT2D eigenvalue weighted by Crippen LogP contribution is -2.37. The Morgan fingerprint density at radius 3 is 2.52 bits per heavy atom. The molecule has 0 bridgehead atoms. The average molecular weight is 468 g/mol. The zero-order valence-electron chi connectivity index (χ0n) is 19.2. The van der Waals surface area contributed by atoms with Gasteiger partial charge in [0.1, 0.15) is 10.6 Å². The van der Waals surface area contributed by atoms with Crippen molar-refractivity contribution >= 4 is 15.8 Å². The number of ether oxygens (including phenoxy) is 1. The molecule has 3 aromatic rings. The number of nitrogens with zero attached hydrogens (tertiary/aromatic N) is 3. The highest BCUT2D eigenvalue weighted by Crippen LogP contribution is 2.32. The molecule has 1 aliphatic carbocycles. The van der Waals surface area contributed by atoms with Crippen molar-refractivity contribution in [2.45, 2.75) is 50.6 Å². The van der Waals surface area contributed by atoms with E-state index in [4.69, 9.17) is 4.74 Å². The maximum absolute atomic E-state index is 13.2. The molecule has 8 heteroatoms. The minimum atomic E-state index is -3.78. The monoisotopic (exact) mass is 467 g/mol. The number of pyridine rings is 1. The van der Waals surface area contributed by atoms with Crippen LogP contribution in [-0.2, 0) is 23.0 Å². The van der Waals surface area contributed by atoms with E-state index >= 15 is 0 Å². The molecule has 0 N–H and O–H groups in total. The summed E-state index contributed by atoms with van der Waals surface area (Å²) < 4.78 is 35.0. The molecule has 174 valence electrons. The predicted octanol–water partition coefficient (Wildman–Crippen LogP) is 3.79. The van der Waals surface area contributed by atoms with Gasteiger partial charge in [0.15, 0.2) is 5.78 Å². The fourth-order valence-corrected chi connectivity index (χ4v) is 5.70. The van der Waals surface area contributed by atoms with Gasteiger partial charge in [-0.3, -0.25) is 9.78 Å². The number of hydrogen-bond acceptors (Lipinski definition) is 5. The van der Waals surface area contributed by atoms with Crippen molar-refractivity contribution < 1.29 is 17.9 Å². The summed E-state index contributed by atoms with van der Waals surface area (Å²) in [5, 5.41) is 0. The molecule has 0 amide bonds. The molecule has 7 nitrogen and oxygen atoms in total. The van der Waals surface area contributed by atoms with Gasteiger partial charge >= 0.3 is 0 Å². The summed E-state index contributed by atoms with van der Waals surface area (Å²) in [6, 6.07) is 12.8.